The molecular formula is C22H24N4O2. The molecule has 0 bridgehead atoms. The number of piperazine rings is 1. The third kappa shape index (κ3) is 3.82. The zero-order valence-corrected chi connectivity index (χ0v) is 16.3. The second-order valence-corrected chi connectivity index (χ2v) is 7.01. The molecular weight excluding hydrogens is 352 g/mol. The molecule has 0 atom stereocenters. The number of rotatable bonds is 4. The number of amides is 1. The lowest BCUT2D eigenvalue weighted by Gasteiger charge is -2.34. The van der Waals surface area contributed by atoms with Crippen molar-refractivity contribution in [1.29, 1.82) is 0 Å². The maximum Gasteiger partial charge on any atom is 0.253 e. The van der Waals surface area contributed by atoms with Crippen LogP contribution in [-0.2, 0) is 0 Å². The fourth-order valence-electron chi connectivity index (χ4n) is 3.50. The molecule has 0 unspecified atom stereocenters. The van der Waals surface area contributed by atoms with E-state index in [9.17, 15) is 4.79 Å². The maximum atomic E-state index is 12.9. The van der Waals surface area contributed by atoms with E-state index < -0.39 is 0 Å². The maximum absolute atomic E-state index is 12.9. The van der Waals surface area contributed by atoms with E-state index in [1.165, 1.54) is 0 Å². The van der Waals surface area contributed by atoms with Gasteiger partial charge >= 0.3 is 0 Å². The van der Waals surface area contributed by atoms with E-state index in [1.54, 1.807) is 6.92 Å². The third-order valence-electron chi connectivity index (χ3n) is 5.21. The molecule has 1 fully saturated rings. The SMILES string of the molecule is CCN1CCN(C(=O)c2cccc(-c3ccc(-c4nnc(C)o4)cc3)c2)CC1. The lowest BCUT2D eigenvalue weighted by Crippen LogP contribution is -2.48. The van der Waals surface area contributed by atoms with Gasteiger partial charge in [0.25, 0.3) is 5.91 Å². The number of carbonyl (C=O) groups is 1. The topological polar surface area (TPSA) is 62.5 Å². The van der Waals surface area contributed by atoms with E-state index >= 15 is 0 Å². The molecule has 6 nitrogen and oxygen atoms in total. The Hall–Kier alpha value is -2.99. The highest BCUT2D eigenvalue weighted by Gasteiger charge is 2.21. The number of likely N-dealkylation sites (N-methyl/N-ethyl adjacent to an activating group) is 1. The van der Waals surface area contributed by atoms with E-state index in [0.29, 0.717) is 11.8 Å². The molecule has 0 radical (unpaired) electrons. The number of aryl methyl sites for hydroxylation is 1. The molecule has 0 aliphatic carbocycles. The van der Waals surface area contributed by atoms with Crippen LogP contribution in [0.1, 0.15) is 23.2 Å². The molecule has 1 aromatic heterocycles. The number of hydrogen-bond acceptors (Lipinski definition) is 5. The summed E-state index contributed by atoms with van der Waals surface area (Å²) in [6, 6.07) is 15.8. The number of carbonyl (C=O) groups excluding carboxylic acids is 1. The molecule has 0 saturated carbocycles. The summed E-state index contributed by atoms with van der Waals surface area (Å²) < 4.78 is 5.47. The molecule has 6 heteroatoms. The number of hydrogen-bond donors (Lipinski definition) is 0. The first-order valence-corrected chi connectivity index (χ1v) is 9.66. The highest BCUT2D eigenvalue weighted by atomic mass is 16.4. The third-order valence-corrected chi connectivity index (χ3v) is 5.21. The highest BCUT2D eigenvalue weighted by molar-refractivity contribution is 5.95. The number of aromatic nitrogens is 2. The molecule has 28 heavy (non-hydrogen) atoms. The molecule has 3 aromatic rings. The summed E-state index contributed by atoms with van der Waals surface area (Å²) >= 11 is 0. The van der Waals surface area contributed by atoms with Crippen molar-refractivity contribution in [2.75, 3.05) is 32.7 Å². The fraction of sp³-hybridized carbons (Fsp3) is 0.318. The molecule has 0 N–H and O–H groups in total. The Balaban J connectivity index is 1.51. The van der Waals surface area contributed by atoms with Gasteiger partial charge in [-0.1, -0.05) is 31.2 Å². The molecule has 4 rings (SSSR count). The minimum atomic E-state index is 0.107. The molecule has 0 spiro atoms. The van der Waals surface area contributed by atoms with Gasteiger partial charge in [0.05, 0.1) is 0 Å². The standard InChI is InChI=1S/C22H24N4O2/c1-3-25-11-13-26(14-12-25)22(27)20-6-4-5-19(15-20)17-7-9-18(10-8-17)21-24-23-16(2)28-21/h4-10,15H,3,11-14H2,1-2H3. The van der Waals surface area contributed by atoms with Crippen molar-refractivity contribution >= 4 is 5.91 Å². The van der Waals surface area contributed by atoms with E-state index in [-0.39, 0.29) is 5.91 Å². The van der Waals surface area contributed by atoms with Gasteiger partial charge in [0.15, 0.2) is 0 Å². The quantitative estimate of drug-likeness (QED) is 0.697. The van der Waals surface area contributed by atoms with E-state index in [1.807, 2.05) is 53.4 Å². The van der Waals surface area contributed by atoms with Crippen LogP contribution in [0.5, 0.6) is 0 Å². The summed E-state index contributed by atoms with van der Waals surface area (Å²) in [4.78, 5) is 17.2. The first-order chi connectivity index (χ1) is 13.6. The zero-order chi connectivity index (χ0) is 19.5. The van der Waals surface area contributed by atoms with Gasteiger partial charge in [-0.2, -0.15) is 0 Å². The van der Waals surface area contributed by atoms with Gasteiger partial charge in [0.2, 0.25) is 11.8 Å². The van der Waals surface area contributed by atoms with Crippen LogP contribution < -0.4 is 0 Å². The molecule has 1 amide bonds. The summed E-state index contributed by atoms with van der Waals surface area (Å²) in [6.45, 7) is 8.43. The second-order valence-electron chi connectivity index (χ2n) is 7.01. The van der Waals surface area contributed by atoms with Crippen LogP contribution in [0, 0.1) is 6.92 Å². The van der Waals surface area contributed by atoms with Crippen molar-refractivity contribution in [3.8, 4) is 22.6 Å². The van der Waals surface area contributed by atoms with Crippen LogP contribution in [0.15, 0.2) is 52.9 Å². The lowest BCUT2D eigenvalue weighted by atomic mass is 10.0. The first-order valence-electron chi connectivity index (χ1n) is 9.66. The predicted molar refractivity (Wildman–Crippen MR) is 108 cm³/mol. The summed E-state index contributed by atoms with van der Waals surface area (Å²) in [6.07, 6.45) is 0. The molecule has 1 aliphatic rings. The molecule has 1 saturated heterocycles. The minimum absolute atomic E-state index is 0.107. The Labute approximate surface area is 164 Å². The van der Waals surface area contributed by atoms with Crippen molar-refractivity contribution in [1.82, 2.24) is 20.0 Å². The number of nitrogens with zero attached hydrogens (tertiary/aromatic N) is 4. The zero-order valence-electron chi connectivity index (χ0n) is 16.3. The molecule has 1 aliphatic heterocycles. The summed E-state index contributed by atoms with van der Waals surface area (Å²) in [5.41, 5.74) is 3.68. The summed E-state index contributed by atoms with van der Waals surface area (Å²) in [5.74, 6) is 1.17. The van der Waals surface area contributed by atoms with Gasteiger partial charge in [-0.25, -0.2) is 0 Å². The Morgan fingerprint density at radius 3 is 2.32 bits per heavy atom. The van der Waals surface area contributed by atoms with Crippen molar-refractivity contribution in [3.05, 3.63) is 60.0 Å². The van der Waals surface area contributed by atoms with Crippen molar-refractivity contribution in [3.63, 3.8) is 0 Å². The van der Waals surface area contributed by atoms with Gasteiger partial charge in [-0.05, 0) is 41.9 Å². The van der Waals surface area contributed by atoms with E-state index in [2.05, 4.69) is 22.0 Å². The average molecular weight is 376 g/mol. The normalized spacial score (nSPS) is 15.0. The van der Waals surface area contributed by atoms with Crippen molar-refractivity contribution in [2.24, 2.45) is 0 Å². The van der Waals surface area contributed by atoms with Crippen LogP contribution in [-0.4, -0.2) is 58.6 Å². The molecule has 144 valence electrons. The van der Waals surface area contributed by atoms with E-state index in [0.717, 1.165) is 55.0 Å². The number of benzene rings is 2. The summed E-state index contributed by atoms with van der Waals surface area (Å²) in [7, 11) is 0. The fourth-order valence-corrected chi connectivity index (χ4v) is 3.50. The highest BCUT2D eigenvalue weighted by Crippen LogP contribution is 2.25. The monoisotopic (exact) mass is 376 g/mol. The van der Waals surface area contributed by atoms with E-state index in [4.69, 9.17) is 4.42 Å². The Morgan fingerprint density at radius 2 is 1.68 bits per heavy atom. The van der Waals surface area contributed by atoms with Crippen LogP contribution in [0.2, 0.25) is 0 Å². The van der Waals surface area contributed by atoms with Crippen molar-refractivity contribution < 1.29 is 9.21 Å². The van der Waals surface area contributed by atoms with Crippen LogP contribution >= 0.6 is 0 Å². The lowest BCUT2D eigenvalue weighted by molar-refractivity contribution is 0.0643. The van der Waals surface area contributed by atoms with Gasteiger partial charge in [-0.3, -0.25) is 4.79 Å². The van der Waals surface area contributed by atoms with Gasteiger partial charge < -0.3 is 14.2 Å². The first kappa shape index (κ1) is 18.4. The largest absolute Gasteiger partial charge is 0.421 e. The molecule has 2 aromatic carbocycles. The smallest absolute Gasteiger partial charge is 0.253 e. The van der Waals surface area contributed by atoms with Gasteiger partial charge in [0, 0.05) is 44.2 Å². The Kier molecular flexibility index (Phi) is 5.21. The average Bonchev–Trinajstić information content (AvgIpc) is 3.20. The van der Waals surface area contributed by atoms with Crippen LogP contribution in [0.25, 0.3) is 22.6 Å². The van der Waals surface area contributed by atoms with Crippen LogP contribution in [0.3, 0.4) is 0 Å². The summed E-state index contributed by atoms with van der Waals surface area (Å²) in [5, 5.41) is 7.92. The second kappa shape index (κ2) is 7.94. The Bertz CT molecular complexity index is 957. The predicted octanol–water partition coefficient (Wildman–Crippen LogP) is 3.49. The molecule has 2 heterocycles. The van der Waals surface area contributed by atoms with Gasteiger partial charge in [-0.15, -0.1) is 10.2 Å². The van der Waals surface area contributed by atoms with Gasteiger partial charge in [0.1, 0.15) is 0 Å². The minimum Gasteiger partial charge on any atom is -0.421 e. The van der Waals surface area contributed by atoms with Crippen LogP contribution in [0.4, 0.5) is 0 Å². The Morgan fingerprint density at radius 1 is 0.964 bits per heavy atom. The van der Waals surface area contributed by atoms with Crippen molar-refractivity contribution in [2.45, 2.75) is 13.8 Å².